The molecule has 0 nitrogen and oxygen atoms in total. The van der Waals surface area contributed by atoms with E-state index < -0.39 is 0 Å². The molecular formula is C9H12BF. The Balaban J connectivity index is 3.13. The van der Waals surface area contributed by atoms with E-state index in [0.717, 1.165) is 11.0 Å². The van der Waals surface area contributed by atoms with E-state index in [0.29, 0.717) is 0 Å². The van der Waals surface area contributed by atoms with Crippen molar-refractivity contribution in [2.24, 2.45) is 0 Å². The maximum Gasteiger partial charge on any atom is 0.173 e. The quantitative estimate of drug-likeness (QED) is 0.537. The van der Waals surface area contributed by atoms with Crippen LogP contribution in [-0.4, -0.2) is 6.71 Å². The van der Waals surface area contributed by atoms with Gasteiger partial charge in [-0.3, -0.25) is 0 Å². The molecule has 11 heavy (non-hydrogen) atoms. The van der Waals surface area contributed by atoms with Crippen molar-refractivity contribution in [2.75, 3.05) is 0 Å². The summed E-state index contributed by atoms with van der Waals surface area (Å²) < 4.78 is 13.0. The topological polar surface area (TPSA) is 0 Å². The molecule has 0 aliphatic heterocycles. The second kappa shape index (κ2) is 3.08. The number of rotatable bonds is 1. The van der Waals surface area contributed by atoms with Gasteiger partial charge in [-0.15, -0.1) is 0 Å². The third kappa shape index (κ3) is 1.82. The first-order valence-corrected chi connectivity index (χ1v) is 3.87. The Bertz CT molecular complexity index is 256. The highest BCUT2D eigenvalue weighted by molar-refractivity contribution is 6.70. The molecule has 0 spiro atoms. The van der Waals surface area contributed by atoms with Gasteiger partial charge in [-0.05, 0) is 18.5 Å². The highest BCUT2D eigenvalue weighted by atomic mass is 19.1. The van der Waals surface area contributed by atoms with Gasteiger partial charge in [-0.1, -0.05) is 31.3 Å². The van der Waals surface area contributed by atoms with Gasteiger partial charge in [0.1, 0.15) is 5.82 Å². The molecule has 0 heterocycles. The SMILES string of the molecule is CB(C)c1cc(C)ccc1F. The van der Waals surface area contributed by atoms with Crippen LogP contribution in [0, 0.1) is 12.7 Å². The molecule has 0 amide bonds. The maximum absolute atomic E-state index is 13.0. The van der Waals surface area contributed by atoms with E-state index in [1.807, 2.05) is 26.6 Å². The fraction of sp³-hybridized carbons (Fsp3) is 0.333. The molecule has 0 radical (unpaired) electrons. The van der Waals surface area contributed by atoms with Crippen molar-refractivity contribution in [2.45, 2.75) is 20.6 Å². The molecule has 0 unspecified atom stereocenters. The number of benzene rings is 1. The van der Waals surface area contributed by atoms with E-state index in [1.165, 1.54) is 6.07 Å². The fourth-order valence-corrected chi connectivity index (χ4v) is 1.11. The van der Waals surface area contributed by atoms with Gasteiger partial charge in [0.05, 0.1) is 0 Å². The fourth-order valence-electron chi connectivity index (χ4n) is 1.11. The van der Waals surface area contributed by atoms with Gasteiger partial charge in [0.15, 0.2) is 6.71 Å². The van der Waals surface area contributed by atoms with E-state index in [1.54, 1.807) is 6.07 Å². The smallest absolute Gasteiger partial charge is 0.173 e. The average molecular weight is 150 g/mol. The number of hydrogen-bond acceptors (Lipinski definition) is 0. The summed E-state index contributed by atoms with van der Waals surface area (Å²) in [7, 11) is 0. The summed E-state index contributed by atoms with van der Waals surface area (Å²) in [4.78, 5) is 0. The summed E-state index contributed by atoms with van der Waals surface area (Å²) in [5.41, 5.74) is 1.93. The Morgan fingerprint density at radius 1 is 1.27 bits per heavy atom. The lowest BCUT2D eigenvalue weighted by molar-refractivity contribution is 0.635. The van der Waals surface area contributed by atoms with Crippen LogP contribution in [0.25, 0.3) is 0 Å². The van der Waals surface area contributed by atoms with E-state index >= 15 is 0 Å². The molecule has 0 aromatic heterocycles. The lowest BCUT2D eigenvalue weighted by atomic mass is 9.49. The molecular weight excluding hydrogens is 138 g/mol. The zero-order valence-corrected chi connectivity index (χ0v) is 7.19. The first-order chi connectivity index (χ1) is 5.11. The molecule has 1 aromatic rings. The van der Waals surface area contributed by atoms with Crippen LogP contribution in [0.5, 0.6) is 0 Å². The van der Waals surface area contributed by atoms with Crippen LogP contribution < -0.4 is 5.46 Å². The molecule has 1 rings (SSSR count). The van der Waals surface area contributed by atoms with Crippen LogP contribution in [0.3, 0.4) is 0 Å². The Morgan fingerprint density at radius 2 is 1.91 bits per heavy atom. The van der Waals surface area contributed by atoms with Crippen LogP contribution in [0.2, 0.25) is 13.6 Å². The summed E-state index contributed by atoms with van der Waals surface area (Å²) in [6.45, 7) is 6.25. The summed E-state index contributed by atoms with van der Waals surface area (Å²) in [5, 5.41) is 0. The van der Waals surface area contributed by atoms with E-state index in [2.05, 4.69) is 0 Å². The largest absolute Gasteiger partial charge is 0.208 e. The van der Waals surface area contributed by atoms with Crippen molar-refractivity contribution in [3.8, 4) is 0 Å². The predicted molar refractivity (Wildman–Crippen MR) is 48.3 cm³/mol. The van der Waals surface area contributed by atoms with Crippen LogP contribution in [-0.2, 0) is 0 Å². The predicted octanol–water partition coefficient (Wildman–Crippen LogP) is 2.10. The molecule has 0 atom stereocenters. The molecule has 0 aliphatic rings. The summed E-state index contributed by atoms with van der Waals surface area (Å²) in [6, 6.07) is 5.23. The Labute approximate surface area is 67.5 Å². The highest BCUT2D eigenvalue weighted by Gasteiger charge is 2.08. The standard InChI is InChI=1S/C9H12BF/c1-7-4-5-9(11)8(6-7)10(2)3/h4-6H,1-3H3. The molecule has 58 valence electrons. The van der Waals surface area contributed by atoms with E-state index in [4.69, 9.17) is 0 Å². The van der Waals surface area contributed by atoms with Gasteiger partial charge >= 0.3 is 0 Å². The number of halogens is 1. The first kappa shape index (κ1) is 8.31. The van der Waals surface area contributed by atoms with Crippen molar-refractivity contribution in [1.82, 2.24) is 0 Å². The number of hydrogen-bond donors (Lipinski definition) is 0. The van der Waals surface area contributed by atoms with Crippen LogP contribution >= 0.6 is 0 Å². The third-order valence-corrected chi connectivity index (χ3v) is 1.77. The van der Waals surface area contributed by atoms with Gasteiger partial charge in [0, 0.05) is 0 Å². The van der Waals surface area contributed by atoms with Crippen molar-refractivity contribution >= 4 is 12.2 Å². The normalized spacial score (nSPS) is 9.82. The van der Waals surface area contributed by atoms with Crippen LogP contribution in [0.15, 0.2) is 18.2 Å². The van der Waals surface area contributed by atoms with Gasteiger partial charge in [0.2, 0.25) is 0 Å². The summed E-state index contributed by atoms with van der Waals surface area (Å²) in [5.74, 6) is -0.0920. The highest BCUT2D eigenvalue weighted by Crippen LogP contribution is 2.00. The van der Waals surface area contributed by atoms with Gasteiger partial charge in [-0.25, -0.2) is 4.39 Å². The molecule has 0 saturated carbocycles. The summed E-state index contributed by atoms with van der Waals surface area (Å²) >= 11 is 0. The minimum Gasteiger partial charge on any atom is -0.208 e. The van der Waals surface area contributed by atoms with Gasteiger partial charge in [-0.2, -0.15) is 0 Å². The van der Waals surface area contributed by atoms with Gasteiger partial charge < -0.3 is 0 Å². The molecule has 2 heteroatoms. The minimum atomic E-state index is -0.0920. The van der Waals surface area contributed by atoms with Crippen LogP contribution in [0.1, 0.15) is 5.56 Å². The second-order valence-corrected chi connectivity index (χ2v) is 3.18. The average Bonchev–Trinajstić information content (AvgIpc) is 1.94. The lowest BCUT2D eigenvalue weighted by Gasteiger charge is -2.04. The van der Waals surface area contributed by atoms with Crippen molar-refractivity contribution in [3.63, 3.8) is 0 Å². The molecule has 0 bridgehead atoms. The lowest BCUT2D eigenvalue weighted by Crippen LogP contribution is -2.26. The molecule has 0 aliphatic carbocycles. The Morgan fingerprint density at radius 3 is 2.36 bits per heavy atom. The zero-order valence-electron chi connectivity index (χ0n) is 7.19. The summed E-state index contributed by atoms with van der Waals surface area (Å²) in [6.07, 6.45) is 0. The minimum absolute atomic E-state index is 0.0920. The van der Waals surface area contributed by atoms with E-state index in [-0.39, 0.29) is 12.5 Å². The molecule has 0 N–H and O–H groups in total. The van der Waals surface area contributed by atoms with Crippen molar-refractivity contribution in [3.05, 3.63) is 29.6 Å². The number of aryl methyl sites for hydroxylation is 1. The third-order valence-electron chi connectivity index (χ3n) is 1.77. The molecule has 1 aromatic carbocycles. The maximum atomic E-state index is 13.0. The van der Waals surface area contributed by atoms with Gasteiger partial charge in [0.25, 0.3) is 0 Å². The van der Waals surface area contributed by atoms with E-state index in [9.17, 15) is 4.39 Å². The zero-order chi connectivity index (χ0) is 8.43. The monoisotopic (exact) mass is 150 g/mol. The Kier molecular flexibility index (Phi) is 2.33. The van der Waals surface area contributed by atoms with Crippen LogP contribution in [0.4, 0.5) is 4.39 Å². The second-order valence-electron chi connectivity index (χ2n) is 3.18. The van der Waals surface area contributed by atoms with Crippen molar-refractivity contribution < 1.29 is 4.39 Å². The molecule has 0 fully saturated rings. The first-order valence-electron chi connectivity index (χ1n) is 3.87. The Hall–Kier alpha value is -0.785. The molecule has 0 saturated heterocycles. The van der Waals surface area contributed by atoms with Crippen molar-refractivity contribution in [1.29, 1.82) is 0 Å².